The molecule has 2 fully saturated rings. The standard InChI is InChI=1S/C20H25NO2/c1-11-6-4-5-7-14(11)16-9-18(22)21-19-13(3)20-15(8-17(16)19)12(2)10-23-20/h4-7,10,13,15-17,19-20H,8-9H2,1-3H3,(H,21,22). The predicted molar refractivity (Wildman–Crippen MR) is 89.9 cm³/mol. The minimum atomic E-state index is 0.187. The predicted octanol–water partition coefficient (Wildman–Crippen LogP) is 3.54. The monoisotopic (exact) mass is 311 g/mol. The lowest BCUT2D eigenvalue weighted by Gasteiger charge is -2.49. The lowest BCUT2D eigenvalue weighted by molar-refractivity contribution is -0.128. The van der Waals surface area contributed by atoms with E-state index in [1.165, 1.54) is 16.7 Å². The second kappa shape index (κ2) is 5.40. The van der Waals surface area contributed by atoms with Gasteiger partial charge in [0.15, 0.2) is 0 Å². The van der Waals surface area contributed by atoms with Crippen LogP contribution < -0.4 is 5.32 Å². The molecule has 1 N–H and O–H groups in total. The first-order chi connectivity index (χ1) is 11.1. The molecule has 0 aromatic heterocycles. The second-order valence-corrected chi connectivity index (χ2v) is 7.59. The van der Waals surface area contributed by atoms with Gasteiger partial charge in [-0.2, -0.15) is 0 Å². The van der Waals surface area contributed by atoms with Gasteiger partial charge in [0.2, 0.25) is 5.91 Å². The zero-order chi connectivity index (χ0) is 16.1. The molecule has 4 rings (SSSR count). The molecule has 3 aliphatic rings. The minimum Gasteiger partial charge on any atom is -0.497 e. The number of fused-ring (bicyclic) bond motifs is 2. The van der Waals surface area contributed by atoms with E-state index < -0.39 is 0 Å². The average molecular weight is 311 g/mol. The van der Waals surface area contributed by atoms with E-state index in [0.717, 1.165) is 6.42 Å². The summed E-state index contributed by atoms with van der Waals surface area (Å²) >= 11 is 0. The molecule has 23 heavy (non-hydrogen) atoms. The summed E-state index contributed by atoms with van der Waals surface area (Å²) < 4.78 is 5.92. The van der Waals surface area contributed by atoms with Crippen molar-refractivity contribution in [3.05, 3.63) is 47.2 Å². The van der Waals surface area contributed by atoms with Gasteiger partial charge in [-0.1, -0.05) is 31.2 Å². The molecule has 3 nitrogen and oxygen atoms in total. The van der Waals surface area contributed by atoms with Crippen LogP contribution in [0.1, 0.15) is 43.7 Å². The maximum Gasteiger partial charge on any atom is 0.220 e. The van der Waals surface area contributed by atoms with E-state index in [1.807, 2.05) is 6.26 Å². The van der Waals surface area contributed by atoms with Crippen LogP contribution in [-0.2, 0) is 9.53 Å². The molecular formula is C20H25NO2. The molecule has 6 atom stereocenters. The van der Waals surface area contributed by atoms with Crippen molar-refractivity contribution < 1.29 is 9.53 Å². The first-order valence-corrected chi connectivity index (χ1v) is 8.73. The quantitative estimate of drug-likeness (QED) is 0.861. The molecule has 6 unspecified atom stereocenters. The van der Waals surface area contributed by atoms with Crippen molar-refractivity contribution in [2.45, 2.75) is 51.7 Å². The normalized spacial score (nSPS) is 38.9. The van der Waals surface area contributed by atoms with Gasteiger partial charge in [0, 0.05) is 24.3 Å². The van der Waals surface area contributed by atoms with Gasteiger partial charge < -0.3 is 10.1 Å². The molecule has 2 aliphatic heterocycles. The van der Waals surface area contributed by atoms with Gasteiger partial charge in [0.25, 0.3) is 0 Å². The largest absolute Gasteiger partial charge is 0.497 e. The Morgan fingerprint density at radius 3 is 2.74 bits per heavy atom. The third-order valence-electron chi connectivity index (χ3n) is 6.30. The van der Waals surface area contributed by atoms with Crippen LogP contribution in [0.5, 0.6) is 0 Å². The molecule has 0 bridgehead atoms. The van der Waals surface area contributed by atoms with E-state index >= 15 is 0 Å². The second-order valence-electron chi connectivity index (χ2n) is 7.59. The number of carbonyl (C=O) groups excluding carboxylic acids is 1. The van der Waals surface area contributed by atoms with Gasteiger partial charge in [-0.25, -0.2) is 0 Å². The average Bonchev–Trinajstić information content (AvgIpc) is 2.90. The number of piperidine rings is 1. The Hall–Kier alpha value is -1.77. The summed E-state index contributed by atoms with van der Waals surface area (Å²) in [5, 5.41) is 3.27. The number of aryl methyl sites for hydroxylation is 1. The summed E-state index contributed by atoms with van der Waals surface area (Å²) in [6.07, 6.45) is 3.89. The first kappa shape index (κ1) is 14.8. The summed E-state index contributed by atoms with van der Waals surface area (Å²) in [6.45, 7) is 6.58. The molecule has 1 saturated carbocycles. The van der Waals surface area contributed by atoms with Crippen molar-refractivity contribution in [1.29, 1.82) is 0 Å². The lowest BCUT2D eigenvalue weighted by Crippen LogP contribution is -2.58. The van der Waals surface area contributed by atoms with Crippen LogP contribution >= 0.6 is 0 Å². The summed E-state index contributed by atoms with van der Waals surface area (Å²) in [7, 11) is 0. The Morgan fingerprint density at radius 1 is 1.17 bits per heavy atom. The van der Waals surface area contributed by atoms with Crippen LogP contribution in [0, 0.1) is 24.7 Å². The van der Waals surface area contributed by atoms with Gasteiger partial charge in [-0.05, 0) is 48.8 Å². The Morgan fingerprint density at radius 2 is 1.96 bits per heavy atom. The number of ether oxygens (including phenoxy) is 1. The Balaban J connectivity index is 1.72. The SMILES string of the molecule is CC1=COC2C1CC1C(c3ccccc3C)CC(=O)NC1C2C. The topological polar surface area (TPSA) is 38.3 Å². The van der Waals surface area contributed by atoms with Crippen molar-refractivity contribution in [2.75, 3.05) is 0 Å². The van der Waals surface area contributed by atoms with Crippen LogP contribution in [0.25, 0.3) is 0 Å². The van der Waals surface area contributed by atoms with E-state index in [2.05, 4.69) is 50.4 Å². The molecule has 0 spiro atoms. The van der Waals surface area contributed by atoms with Crippen molar-refractivity contribution >= 4 is 5.91 Å². The number of hydrogen-bond donors (Lipinski definition) is 1. The summed E-state index contributed by atoms with van der Waals surface area (Å²) in [5.74, 6) is 1.87. The lowest BCUT2D eigenvalue weighted by atomic mass is 9.61. The Bertz CT molecular complexity index is 665. The number of carbonyl (C=O) groups is 1. The van der Waals surface area contributed by atoms with Crippen molar-refractivity contribution in [2.24, 2.45) is 17.8 Å². The molecule has 122 valence electrons. The number of rotatable bonds is 1. The molecule has 1 aromatic rings. The number of amides is 1. The molecule has 1 saturated heterocycles. The maximum absolute atomic E-state index is 12.4. The molecule has 1 aromatic carbocycles. The first-order valence-electron chi connectivity index (χ1n) is 8.73. The summed E-state index contributed by atoms with van der Waals surface area (Å²) in [4.78, 5) is 12.4. The zero-order valence-electron chi connectivity index (χ0n) is 14.1. The minimum absolute atomic E-state index is 0.187. The van der Waals surface area contributed by atoms with E-state index in [9.17, 15) is 4.79 Å². The third kappa shape index (κ3) is 2.29. The fourth-order valence-electron chi connectivity index (χ4n) is 5.06. The van der Waals surface area contributed by atoms with E-state index in [4.69, 9.17) is 4.74 Å². The van der Waals surface area contributed by atoms with Gasteiger partial charge in [-0.15, -0.1) is 0 Å². The highest BCUT2D eigenvalue weighted by molar-refractivity contribution is 5.78. The van der Waals surface area contributed by atoms with Crippen molar-refractivity contribution in [3.63, 3.8) is 0 Å². The summed E-state index contributed by atoms with van der Waals surface area (Å²) in [6, 6.07) is 8.77. The Labute approximate surface area is 138 Å². The third-order valence-corrected chi connectivity index (χ3v) is 6.30. The highest BCUT2D eigenvalue weighted by atomic mass is 16.5. The van der Waals surface area contributed by atoms with Crippen molar-refractivity contribution in [1.82, 2.24) is 5.32 Å². The van der Waals surface area contributed by atoms with Gasteiger partial charge >= 0.3 is 0 Å². The zero-order valence-corrected chi connectivity index (χ0v) is 14.1. The van der Waals surface area contributed by atoms with Crippen LogP contribution in [0.15, 0.2) is 36.1 Å². The smallest absolute Gasteiger partial charge is 0.220 e. The number of nitrogens with one attached hydrogen (secondary N) is 1. The molecule has 1 aliphatic carbocycles. The number of benzene rings is 1. The van der Waals surface area contributed by atoms with E-state index in [-0.39, 0.29) is 18.1 Å². The van der Waals surface area contributed by atoms with Crippen LogP contribution in [0.4, 0.5) is 0 Å². The molecule has 2 heterocycles. The van der Waals surface area contributed by atoms with Crippen molar-refractivity contribution in [3.8, 4) is 0 Å². The number of hydrogen-bond acceptors (Lipinski definition) is 2. The van der Waals surface area contributed by atoms with Gasteiger partial charge in [-0.3, -0.25) is 4.79 Å². The molecule has 1 amide bonds. The van der Waals surface area contributed by atoms with Crippen LogP contribution in [-0.4, -0.2) is 18.1 Å². The highest BCUT2D eigenvalue weighted by Crippen LogP contribution is 2.49. The van der Waals surface area contributed by atoms with Crippen LogP contribution in [0.2, 0.25) is 0 Å². The fraction of sp³-hybridized carbons (Fsp3) is 0.550. The Kier molecular flexibility index (Phi) is 3.47. The fourth-order valence-corrected chi connectivity index (χ4v) is 5.06. The molecule has 0 radical (unpaired) electrons. The summed E-state index contributed by atoms with van der Waals surface area (Å²) in [5.41, 5.74) is 4.01. The van der Waals surface area contributed by atoms with Gasteiger partial charge in [0.1, 0.15) is 6.10 Å². The maximum atomic E-state index is 12.4. The van der Waals surface area contributed by atoms with E-state index in [0.29, 0.717) is 30.1 Å². The van der Waals surface area contributed by atoms with Crippen LogP contribution in [0.3, 0.4) is 0 Å². The molecular weight excluding hydrogens is 286 g/mol. The highest BCUT2D eigenvalue weighted by Gasteiger charge is 2.51. The van der Waals surface area contributed by atoms with Gasteiger partial charge in [0.05, 0.1) is 6.26 Å². The van der Waals surface area contributed by atoms with E-state index in [1.54, 1.807) is 0 Å². The molecule has 3 heteroatoms.